The SMILES string of the molecule is CC(C)(C)[Si](OCC1CN(C(c2ccccc2)(c2ccccc2)c2ccccc2)CC(n2cnc3c(N)ncnc32)O1)(c1ccccc1)c1ccccc1. The summed E-state index contributed by atoms with van der Waals surface area (Å²) in [5.74, 6) is 0.338. The molecule has 0 radical (unpaired) electrons. The van der Waals surface area contributed by atoms with Crippen molar-refractivity contribution in [2.45, 2.75) is 43.7 Å². The Hall–Kier alpha value is -5.45. The Labute approximate surface area is 318 Å². The predicted octanol–water partition coefficient (Wildman–Crippen LogP) is 7.18. The number of imidazole rings is 1. The van der Waals surface area contributed by atoms with Crippen LogP contribution < -0.4 is 16.1 Å². The molecule has 9 heteroatoms. The van der Waals surface area contributed by atoms with Gasteiger partial charge in [0.15, 0.2) is 11.5 Å². The molecule has 2 N–H and O–H groups in total. The monoisotopic (exact) mass is 730 g/mol. The van der Waals surface area contributed by atoms with E-state index in [4.69, 9.17) is 14.9 Å². The first kappa shape index (κ1) is 35.6. The molecule has 2 aromatic heterocycles. The van der Waals surface area contributed by atoms with E-state index in [1.54, 1.807) is 6.33 Å². The number of fused-ring (bicyclic) bond motifs is 1. The lowest BCUT2D eigenvalue weighted by molar-refractivity contribution is -0.146. The smallest absolute Gasteiger partial charge is 0.261 e. The Morgan fingerprint density at radius 3 is 1.63 bits per heavy atom. The Balaban J connectivity index is 1.30. The number of anilines is 1. The van der Waals surface area contributed by atoms with Crippen LogP contribution in [0.3, 0.4) is 0 Å². The van der Waals surface area contributed by atoms with Crippen molar-refractivity contribution in [3.63, 3.8) is 0 Å². The summed E-state index contributed by atoms with van der Waals surface area (Å²) in [5.41, 5.74) is 10.3. The minimum absolute atomic E-state index is 0.194. The fourth-order valence-corrected chi connectivity index (χ4v) is 13.1. The normalized spacial score (nSPS) is 17.1. The number of nitrogen functional groups attached to an aromatic ring is 1. The van der Waals surface area contributed by atoms with Gasteiger partial charge in [0.1, 0.15) is 18.1 Å². The van der Waals surface area contributed by atoms with Gasteiger partial charge in [-0.3, -0.25) is 9.47 Å². The van der Waals surface area contributed by atoms with E-state index in [1.165, 1.54) is 16.7 Å². The molecule has 1 saturated heterocycles. The molecule has 272 valence electrons. The number of rotatable bonds is 10. The third-order valence-corrected chi connectivity index (χ3v) is 15.8. The Morgan fingerprint density at radius 1 is 0.667 bits per heavy atom. The van der Waals surface area contributed by atoms with Gasteiger partial charge in [0.25, 0.3) is 8.32 Å². The highest BCUT2D eigenvalue weighted by molar-refractivity contribution is 6.99. The molecule has 2 unspecified atom stereocenters. The van der Waals surface area contributed by atoms with E-state index in [2.05, 4.69) is 192 Å². The van der Waals surface area contributed by atoms with Crippen LogP contribution in [-0.2, 0) is 14.7 Å². The number of hydrogen-bond acceptors (Lipinski definition) is 7. The third-order valence-electron chi connectivity index (χ3n) is 10.8. The largest absolute Gasteiger partial charge is 0.405 e. The lowest BCUT2D eigenvalue weighted by atomic mass is 9.75. The van der Waals surface area contributed by atoms with E-state index in [9.17, 15) is 0 Å². The van der Waals surface area contributed by atoms with Gasteiger partial charge in [0, 0.05) is 13.1 Å². The zero-order chi connectivity index (χ0) is 37.2. The molecule has 2 atom stereocenters. The molecule has 8 rings (SSSR count). The number of aromatic nitrogens is 4. The molecular weight excluding hydrogens is 685 g/mol. The maximum atomic E-state index is 7.57. The zero-order valence-corrected chi connectivity index (χ0v) is 32.0. The molecule has 0 amide bonds. The summed E-state index contributed by atoms with van der Waals surface area (Å²) in [6.07, 6.45) is 2.46. The minimum atomic E-state index is -2.89. The molecule has 54 heavy (non-hydrogen) atoms. The summed E-state index contributed by atoms with van der Waals surface area (Å²) in [6, 6.07) is 54.0. The van der Waals surface area contributed by atoms with E-state index in [0.717, 1.165) is 16.7 Å². The Kier molecular flexibility index (Phi) is 9.72. The van der Waals surface area contributed by atoms with Gasteiger partial charge in [-0.05, 0) is 32.1 Å². The average molecular weight is 731 g/mol. The Bertz CT molecular complexity index is 2150. The highest BCUT2D eigenvalue weighted by Gasteiger charge is 2.52. The highest BCUT2D eigenvalue weighted by atomic mass is 28.4. The number of benzene rings is 5. The number of ether oxygens (including phenoxy) is 1. The van der Waals surface area contributed by atoms with Gasteiger partial charge in [0.2, 0.25) is 0 Å². The summed E-state index contributed by atoms with van der Waals surface area (Å²) in [5, 5.41) is 2.26. The summed E-state index contributed by atoms with van der Waals surface area (Å²) < 4.78 is 16.7. The van der Waals surface area contributed by atoms with Gasteiger partial charge in [-0.15, -0.1) is 0 Å². The second kappa shape index (κ2) is 14.8. The van der Waals surface area contributed by atoms with Gasteiger partial charge in [0.05, 0.1) is 24.6 Å². The van der Waals surface area contributed by atoms with E-state index in [-0.39, 0.29) is 11.1 Å². The van der Waals surface area contributed by atoms with Gasteiger partial charge in [-0.2, -0.15) is 0 Å². The van der Waals surface area contributed by atoms with Gasteiger partial charge < -0.3 is 14.9 Å². The molecule has 0 saturated carbocycles. The van der Waals surface area contributed by atoms with Crippen molar-refractivity contribution in [2.75, 3.05) is 25.4 Å². The quantitative estimate of drug-likeness (QED) is 0.118. The van der Waals surface area contributed by atoms with E-state index in [1.807, 2.05) is 4.57 Å². The lowest BCUT2D eigenvalue weighted by Crippen LogP contribution is -2.67. The molecule has 7 aromatic rings. The molecule has 1 aliphatic rings. The minimum Gasteiger partial charge on any atom is -0.405 e. The van der Waals surface area contributed by atoms with E-state index in [0.29, 0.717) is 36.7 Å². The number of nitrogens with zero attached hydrogens (tertiary/aromatic N) is 5. The highest BCUT2D eigenvalue weighted by Crippen LogP contribution is 2.45. The van der Waals surface area contributed by atoms with Gasteiger partial charge in [-0.25, -0.2) is 15.0 Å². The molecule has 5 aromatic carbocycles. The summed E-state index contributed by atoms with van der Waals surface area (Å²) in [7, 11) is -2.89. The summed E-state index contributed by atoms with van der Waals surface area (Å²) in [4.78, 5) is 16.1. The molecular formula is C45H46N6O2Si. The van der Waals surface area contributed by atoms with Crippen LogP contribution in [0.2, 0.25) is 5.04 Å². The number of morpholine rings is 1. The van der Waals surface area contributed by atoms with Crippen LogP contribution in [-0.4, -0.2) is 58.5 Å². The van der Waals surface area contributed by atoms with Crippen molar-refractivity contribution >= 4 is 35.7 Å². The van der Waals surface area contributed by atoms with Crippen molar-refractivity contribution in [1.82, 2.24) is 24.4 Å². The van der Waals surface area contributed by atoms with Crippen LogP contribution in [0, 0.1) is 0 Å². The predicted molar refractivity (Wildman–Crippen MR) is 218 cm³/mol. The van der Waals surface area contributed by atoms with E-state index >= 15 is 0 Å². The second-order valence-electron chi connectivity index (χ2n) is 15.0. The van der Waals surface area contributed by atoms with Crippen LogP contribution >= 0.6 is 0 Å². The molecule has 1 aliphatic heterocycles. The van der Waals surface area contributed by atoms with Crippen molar-refractivity contribution in [1.29, 1.82) is 0 Å². The first-order valence-corrected chi connectivity index (χ1v) is 20.5. The van der Waals surface area contributed by atoms with Crippen LogP contribution in [0.15, 0.2) is 164 Å². The summed E-state index contributed by atoms with van der Waals surface area (Å²) in [6.45, 7) is 8.43. The molecule has 1 fully saturated rings. The topological polar surface area (TPSA) is 91.3 Å². The molecule has 0 spiro atoms. The molecule has 8 nitrogen and oxygen atoms in total. The maximum absolute atomic E-state index is 7.57. The second-order valence-corrected chi connectivity index (χ2v) is 19.3. The number of hydrogen-bond donors (Lipinski definition) is 1. The molecule has 0 aliphatic carbocycles. The fourth-order valence-electron chi connectivity index (χ4n) is 8.48. The first-order valence-electron chi connectivity index (χ1n) is 18.6. The average Bonchev–Trinajstić information content (AvgIpc) is 3.66. The zero-order valence-electron chi connectivity index (χ0n) is 31.0. The number of nitrogens with two attached hydrogens (primary N) is 1. The van der Waals surface area contributed by atoms with Crippen molar-refractivity contribution < 1.29 is 9.16 Å². The fraction of sp³-hybridized carbons (Fsp3) is 0.222. The van der Waals surface area contributed by atoms with Crippen molar-refractivity contribution in [3.8, 4) is 0 Å². The van der Waals surface area contributed by atoms with Crippen molar-refractivity contribution in [2.24, 2.45) is 0 Å². The van der Waals surface area contributed by atoms with Crippen molar-refractivity contribution in [3.05, 3.63) is 181 Å². The lowest BCUT2D eigenvalue weighted by Gasteiger charge is -2.51. The standard InChI is InChI=1S/C45H46N6O2Si/c1-44(2,3)54(38-25-15-7-16-26-38,39-27-17-8-18-28-39)52-31-37-29-50(30-40(53-37)51-33-49-41-42(46)47-32-48-43(41)51)45(34-19-9-4-10-20-34,35-21-11-5-12-22-35)36-23-13-6-14-24-36/h4-28,32-33,37,40H,29-31H2,1-3H3,(H2,46,47,48). The molecule has 3 heterocycles. The molecule has 0 bridgehead atoms. The van der Waals surface area contributed by atoms with Crippen LogP contribution in [0.25, 0.3) is 11.2 Å². The van der Waals surface area contributed by atoms with E-state index < -0.39 is 20.1 Å². The first-order chi connectivity index (χ1) is 26.3. The van der Waals surface area contributed by atoms with Crippen LogP contribution in [0.4, 0.5) is 5.82 Å². The van der Waals surface area contributed by atoms with Gasteiger partial charge in [-0.1, -0.05) is 172 Å². The maximum Gasteiger partial charge on any atom is 0.261 e. The Morgan fingerprint density at radius 2 is 1.15 bits per heavy atom. The van der Waals surface area contributed by atoms with Crippen LogP contribution in [0.5, 0.6) is 0 Å². The third kappa shape index (κ3) is 6.23. The summed E-state index contributed by atoms with van der Waals surface area (Å²) >= 11 is 0. The van der Waals surface area contributed by atoms with Crippen LogP contribution in [0.1, 0.15) is 43.7 Å². The van der Waals surface area contributed by atoms with Gasteiger partial charge >= 0.3 is 0 Å².